The van der Waals surface area contributed by atoms with Gasteiger partial charge in [-0.3, -0.25) is 9.78 Å². The van der Waals surface area contributed by atoms with Crippen LogP contribution in [0.3, 0.4) is 0 Å². The highest BCUT2D eigenvalue weighted by molar-refractivity contribution is 6.33. The minimum absolute atomic E-state index is 0.0743. The molecular formula is C17H17ClN2O. The van der Waals surface area contributed by atoms with Crippen molar-refractivity contribution in [3.63, 3.8) is 0 Å². The number of aryl methyl sites for hydroxylation is 1. The largest absolute Gasteiger partial charge is 0.335 e. The topological polar surface area (TPSA) is 33.2 Å². The van der Waals surface area contributed by atoms with Crippen molar-refractivity contribution in [2.24, 2.45) is 0 Å². The molecule has 1 aromatic heterocycles. The maximum atomic E-state index is 12.7. The number of hydrogen-bond donors (Lipinski definition) is 0. The lowest BCUT2D eigenvalue weighted by Gasteiger charge is -2.33. The Bertz CT molecular complexity index is 671. The molecule has 3 nitrogen and oxygen atoms in total. The molecule has 0 bridgehead atoms. The van der Waals surface area contributed by atoms with Gasteiger partial charge in [-0.05, 0) is 36.5 Å². The number of aromatic nitrogens is 1. The van der Waals surface area contributed by atoms with E-state index in [1.165, 1.54) is 17.3 Å². The number of pyridine rings is 1. The van der Waals surface area contributed by atoms with Crippen LogP contribution in [0.15, 0.2) is 42.7 Å². The van der Waals surface area contributed by atoms with Crippen molar-refractivity contribution in [3.05, 3.63) is 64.4 Å². The summed E-state index contributed by atoms with van der Waals surface area (Å²) in [5, 5.41) is 0.450. The molecule has 2 aromatic rings. The van der Waals surface area contributed by atoms with Crippen LogP contribution in [0.1, 0.15) is 40.4 Å². The van der Waals surface area contributed by atoms with Crippen molar-refractivity contribution in [2.45, 2.75) is 25.3 Å². The Morgan fingerprint density at radius 3 is 2.95 bits per heavy atom. The van der Waals surface area contributed by atoms with Gasteiger partial charge in [-0.2, -0.15) is 0 Å². The summed E-state index contributed by atoms with van der Waals surface area (Å²) in [7, 11) is 1.85. The molecule has 4 heteroatoms. The van der Waals surface area contributed by atoms with Crippen molar-refractivity contribution in [1.82, 2.24) is 9.88 Å². The molecule has 1 aliphatic rings. The number of rotatable bonds is 2. The third-order valence-electron chi connectivity index (χ3n) is 4.12. The lowest BCUT2D eigenvalue weighted by atomic mass is 9.87. The minimum Gasteiger partial charge on any atom is -0.335 e. The van der Waals surface area contributed by atoms with Gasteiger partial charge in [-0.1, -0.05) is 35.9 Å². The maximum Gasteiger partial charge on any atom is 0.257 e. The Morgan fingerprint density at radius 2 is 2.14 bits per heavy atom. The quantitative estimate of drug-likeness (QED) is 0.843. The van der Waals surface area contributed by atoms with Crippen LogP contribution < -0.4 is 0 Å². The van der Waals surface area contributed by atoms with Crippen LogP contribution in [0.4, 0.5) is 0 Å². The number of amides is 1. The number of halogens is 1. The van der Waals surface area contributed by atoms with E-state index in [4.69, 9.17) is 11.6 Å². The number of fused-ring (bicyclic) bond motifs is 1. The van der Waals surface area contributed by atoms with Gasteiger partial charge >= 0.3 is 0 Å². The van der Waals surface area contributed by atoms with Gasteiger partial charge in [0.1, 0.15) is 0 Å². The standard InChI is InChI=1S/C17H17ClN2O/c1-20(17(21)14-11-19-10-9-15(14)18)16-8-4-6-12-5-2-3-7-13(12)16/h2-3,5,7,9-11,16H,4,6,8H2,1H3. The Labute approximate surface area is 129 Å². The molecule has 21 heavy (non-hydrogen) atoms. The summed E-state index contributed by atoms with van der Waals surface area (Å²) in [5.74, 6) is -0.0743. The first-order valence-electron chi connectivity index (χ1n) is 7.13. The van der Waals surface area contributed by atoms with Crippen LogP contribution in [-0.2, 0) is 6.42 Å². The van der Waals surface area contributed by atoms with Crippen molar-refractivity contribution in [1.29, 1.82) is 0 Å². The third-order valence-corrected chi connectivity index (χ3v) is 4.45. The highest BCUT2D eigenvalue weighted by Crippen LogP contribution is 2.34. The number of carbonyl (C=O) groups excluding carboxylic acids is 1. The van der Waals surface area contributed by atoms with E-state index in [0.29, 0.717) is 10.6 Å². The van der Waals surface area contributed by atoms with Crippen LogP contribution in [0.5, 0.6) is 0 Å². The first-order valence-corrected chi connectivity index (χ1v) is 7.50. The van der Waals surface area contributed by atoms with Crippen LogP contribution in [0.25, 0.3) is 0 Å². The van der Waals surface area contributed by atoms with Gasteiger partial charge in [0, 0.05) is 19.4 Å². The predicted molar refractivity (Wildman–Crippen MR) is 83.5 cm³/mol. The normalized spacial score (nSPS) is 17.1. The summed E-state index contributed by atoms with van der Waals surface area (Å²) in [6.07, 6.45) is 6.30. The van der Waals surface area contributed by atoms with Gasteiger partial charge < -0.3 is 4.90 Å². The van der Waals surface area contributed by atoms with Crippen molar-refractivity contribution >= 4 is 17.5 Å². The highest BCUT2D eigenvalue weighted by atomic mass is 35.5. The zero-order valence-electron chi connectivity index (χ0n) is 11.9. The number of hydrogen-bond acceptors (Lipinski definition) is 2. The molecule has 1 amide bonds. The van der Waals surface area contributed by atoms with E-state index in [1.807, 2.05) is 13.1 Å². The Balaban J connectivity index is 1.91. The molecular weight excluding hydrogens is 284 g/mol. The zero-order chi connectivity index (χ0) is 14.8. The summed E-state index contributed by atoms with van der Waals surface area (Å²) >= 11 is 6.11. The van der Waals surface area contributed by atoms with E-state index >= 15 is 0 Å². The molecule has 1 aromatic carbocycles. The fraction of sp³-hybridized carbons (Fsp3) is 0.294. The highest BCUT2D eigenvalue weighted by Gasteiger charge is 2.27. The molecule has 1 atom stereocenters. The van der Waals surface area contributed by atoms with E-state index in [-0.39, 0.29) is 11.9 Å². The molecule has 0 saturated carbocycles. The average Bonchev–Trinajstić information content (AvgIpc) is 2.53. The molecule has 0 radical (unpaired) electrons. The van der Waals surface area contributed by atoms with Crippen molar-refractivity contribution < 1.29 is 4.79 Å². The second kappa shape index (κ2) is 5.86. The van der Waals surface area contributed by atoms with Gasteiger partial charge in [-0.25, -0.2) is 0 Å². The molecule has 0 spiro atoms. The summed E-state index contributed by atoms with van der Waals surface area (Å²) in [6.45, 7) is 0. The van der Waals surface area contributed by atoms with Crippen LogP contribution >= 0.6 is 11.6 Å². The first-order chi connectivity index (χ1) is 10.2. The summed E-state index contributed by atoms with van der Waals surface area (Å²) < 4.78 is 0. The summed E-state index contributed by atoms with van der Waals surface area (Å²) in [5.41, 5.74) is 3.05. The fourth-order valence-electron chi connectivity index (χ4n) is 3.00. The molecule has 1 heterocycles. The Kier molecular flexibility index (Phi) is 3.93. The first kappa shape index (κ1) is 14.1. The predicted octanol–water partition coefficient (Wildman–Crippen LogP) is 3.88. The van der Waals surface area contributed by atoms with Crippen molar-refractivity contribution in [2.75, 3.05) is 7.05 Å². The third kappa shape index (κ3) is 2.66. The summed E-state index contributed by atoms with van der Waals surface area (Å²) in [6, 6.07) is 10.1. The van der Waals surface area contributed by atoms with Crippen LogP contribution in [0, 0.1) is 0 Å². The van der Waals surface area contributed by atoms with Gasteiger partial charge in [0.15, 0.2) is 0 Å². The molecule has 0 saturated heterocycles. The van der Waals surface area contributed by atoms with E-state index in [9.17, 15) is 4.79 Å². The fourth-order valence-corrected chi connectivity index (χ4v) is 3.18. The SMILES string of the molecule is CN(C(=O)c1cnccc1Cl)C1CCCc2ccccc21. The van der Waals surface area contributed by atoms with Crippen LogP contribution in [0.2, 0.25) is 5.02 Å². The number of carbonyl (C=O) groups is 1. The number of benzene rings is 1. The monoisotopic (exact) mass is 300 g/mol. The van der Waals surface area contributed by atoms with Crippen LogP contribution in [-0.4, -0.2) is 22.8 Å². The molecule has 0 N–H and O–H groups in total. The maximum absolute atomic E-state index is 12.7. The van der Waals surface area contributed by atoms with E-state index in [1.54, 1.807) is 17.2 Å². The Morgan fingerprint density at radius 1 is 1.33 bits per heavy atom. The van der Waals surface area contributed by atoms with Gasteiger partial charge in [0.25, 0.3) is 5.91 Å². The molecule has 1 unspecified atom stereocenters. The second-order valence-electron chi connectivity index (χ2n) is 5.38. The number of nitrogens with zero attached hydrogens (tertiary/aromatic N) is 2. The van der Waals surface area contributed by atoms with Gasteiger partial charge in [0.2, 0.25) is 0 Å². The smallest absolute Gasteiger partial charge is 0.257 e. The minimum atomic E-state index is -0.0743. The Hall–Kier alpha value is -1.87. The van der Waals surface area contributed by atoms with E-state index < -0.39 is 0 Å². The molecule has 3 rings (SSSR count). The molecule has 0 aliphatic heterocycles. The van der Waals surface area contributed by atoms with Gasteiger partial charge in [-0.15, -0.1) is 0 Å². The molecule has 108 valence electrons. The van der Waals surface area contributed by atoms with E-state index in [0.717, 1.165) is 19.3 Å². The molecule has 1 aliphatic carbocycles. The average molecular weight is 301 g/mol. The second-order valence-corrected chi connectivity index (χ2v) is 5.79. The zero-order valence-corrected chi connectivity index (χ0v) is 12.7. The lowest BCUT2D eigenvalue weighted by molar-refractivity contribution is 0.0715. The van der Waals surface area contributed by atoms with Gasteiger partial charge in [0.05, 0.1) is 16.6 Å². The lowest BCUT2D eigenvalue weighted by Crippen LogP contribution is -2.33. The van der Waals surface area contributed by atoms with Crippen molar-refractivity contribution in [3.8, 4) is 0 Å². The molecule has 0 fully saturated rings. The summed E-state index contributed by atoms with van der Waals surface area (Å²) in [4.78, 5) is 18.5. The van der Waals surface area contributed by atoms with E-state index in [2.05, 4.69) is 23.2 Å².